The molecule has 1 atom stereocenters. The molecule has 138 valence electrons. The maximum atomic E-state index is 9.48. The number of nitrogens with one attached hydrogen (secondary N) is 1. The summed E-state index contributed by atoms with van der Waals surface area (Å²) in [4.78, 5) is 5.35. The normalized spacial score (nSPS) is 16.5. The van der Waals surface area contributed by atoms with Crippen LogP contribution in [0.4, 0.5) is 0 Å². The Morgan fingerprint density at radius 3 is 2.93 bits per heavy atom. The van der Waals surface area contributed by atoms with Crippen LogP contribution in [-0.2, 0) is 0 Å². The molecule has 5 heterocycles. The Labute approximate surface area is 166 Å². The molecule has 1 unspecified atom stereocenters. The Hall–Kier alpha value is -3.15. The van der Waals surface area contributed by atoms with Gasteiger partial charge in [-0.05, 0) is 31.2 Å². The second-order valence-corrected chi connectivity index (χ2v) is 7.74. The lowest BCUT2D eigenvalue weighted by molar-refractivity contribution is 0.491. The minimum absolute atomic E-state index is 0.398. The number of fused-ring (bicyclic) bond motifs is 1. The maximum Gasteiger partial charge on any atom is 0.103 e. The lowest BCUT2D eigenvalue weighted by Gasteiger charge is -2.09. The molecule has 0 spiro atoms. The van der Waals surface area contributed by atoms with Crippen molar-refractivity contribution in [3.8, 4) is 17.2 Å². The smallest absolute Gasteiger partial charge is 0.103 e. The van der Waals surface area contributed by atoms with E-state index in [0.29, 0.717) is 11.6 Å². The summed E-state index contributed by atoms with van der Waals surface area (Å²) in [5.74, 6) is 0. The van der Waals surface area contributed by atoms with Crippen molar-refractivity contribution in [2.75, 3.05) is 13.1 Å². The molecule has 1 aliphatic rings. The Bertz CT molecular complexity index is 1170. The minimum atomic E-state index is 0.398. The molecular formula is C20H17N7S. The molecule has 4 aromatic heterocycles. The first kappa shape index (κ1) is 17.0. The highest BCUT2D eigenvalue weighted by Crippen LogP contribution is 2.35. The van der Waals surface area contributed by atoms with Crippen molar-refractivity contribution < 1.29 is 0 Å². The molecule has 4 aromatic rings. The van der Waals surface area contributed by atoms with Gasteiger partial charge in [0, 0.05) is 41.2 Å². The van der Waals surface area contributed by atoms with Gasteiger partial charge in [0.2, 0.25) is 0 Å². The molecule has 0 bridgehead atoms. The number of rotatable bonds is 4. The molecule has 0 saturated carbocycles. The van der Waals surface area contributed by atoms with Crippen LogP contribution in [0, 0.1) is 11.3 Å². The van der Waals surface area contributed by atoms with E-state index >= 15 is 0 Å². The highest BCUT2D eigenvalue weighted by Gasteiger charge is 2.19. The van der Waals surface area contributed by atoms with Crippen LogP contribution in [0.2, 0.25) is 0 Å². The minimum Gasteiger partial charge on any atom is -0.315 e. The van der Waals surface area contributed by atoms with Gasteiger partial charge in [-0.25, -0.2) is 9.50 Å². The summed E-state index contributed by atoms with van der Waals surface area (Å²) in [5, 5.41) is 22.7. The number of hydrogen-bond donors (Lipinski definition) is 1. The van der Waals surface area contributed by atoms with Crippen molar-refractivity contribution in [3.05, 3.63) is 60.8 Å². The molecule has 1 aliphatic heterocycles. The molecule has 0 aliphatic carbocycles. The summed E-state index contributed by atoms with van der Waals surface area (Å²) < 4.78 is 3.81. The average molecular weight is 387 g/mol. The zero-order chi connectivity index (χ0) is 18.9. The van der Waals surface area contributed by atoms with Crippen molar-refractivity contribution in [1.82, 2.24) is 29.7 Å². The predicted molar refractivity (Wildman–Crippen MR) is 106 cm³/mol. The van der Waals surface area contributed by atoms with E-state index in [1.807, 2.05) is 35.3 Å². The van der Waals surface area contributed by atoms with Crippen LogP contribution in [0.25, 0.3) is 16.6 Å². The topological polar surface area (TPSA) is 83.8 Å². The number of aromatic nitrogens is 5. The highest BCUT2D eigenvalue weighted by atomic mass is 32.2. The van der Waals surface area contributed by atoms with E-state index in [0.717, 1.165) is 46.1 Å². The van der Waals surface area contributed by atoms with Gasteiger partial charge in [0.05, 0.1) is 29.5 Å². The molecule has 0 amide bonds. The van der Waals surface area contributed by atoms with E-state index in [1.165, 1.54) is 11.8 Å². The molecule has 5 rings (SSSR count). The molecule has 1 N–H and O–H groups in total. The zero-order valence-corrected chi connectivity index (χ0v) is 15.8. The first-order valence-corrected chi connectivity index (χ1v) is 9.89. The summed E-state index contributed by atoms with van der Waals surface area (Å²) in [6.07, 6.45) is 10.4. The Morgan fingerprint density at radius 1 is 1.18 bits per heavy atom. The molecule has 0 aromatic carbocycles. The molecule has 28 heavy (non-hydrogen) atoms. The van der Waals surface area contributed by atoms with Crippen molar-refractivity contribution >= 4 is 17.3 Å². The van der Waals surface area contributed by atoms with Crippen LogP contribution in [0.1, 0.15) is 18.0 Å². The fraction of sp³-hybridized carbons (Fsp3) is 0.200. The van der Waals surface area contributed by atoms with Gasteiger partial charge in [0.1, 0.15) is 11.1 Å². The van der Waals surface area contributed by atoms with E-state index in [1.54, 1.807) is 16.9 Å². The van der Waals surface area contributed by atoms with Crippen LogP contribution in [0.15, 0.2) is 65.2 Å². The second kappa shape index (κ2) is 7.11. The number of hydrogen-bond acceptors (Lipinski definition) is 6. The van der Waals surface area contributed by atoms with Gasteiger partial charge in [-0.3, -0.25) is 4.68 Å². The SMILES string of the molecule is N#Cc1cnn2cc(-c3cnn(C4CCNC4)c3)cc(Sc3ccccn3)c12. The first-order valence-electron chi connectivity index (χ1n) is 9.07. The van der Waals surface area contributed by atoms with Crippen molar-refractivity contribution in [2.45, 2.75) is 22.4 Å². The zero-order valence-electron chi connectivity index (χ0n) is 15.0. The van der Waals surface area contributed by atoms with Gasteiger partial charge in [-0.1, -0.05) is 17.8 Å². The van der Waals surface area contributed by atoms with Gasteiger partial charge in [0.15, 0.2) is 0 Å². The molecule has 0 radical (unpaired) electrons. The standard InChI is InChI=1S/C20H17N7S/c21-8-15-9-25-27-12-14(16-10-24-26(13-16)17-4-6-22-11-17)7-18(20(15)27)28-19-3-1-2-5-23-19/h1-3,5,7,9-10,12-13,17,22H,4,6,11H2. The van der Waals surface area contributed by atoms with E-state index in [4.69, 9.17) is 0 Å². The number of nitriles is 1. The molecule has 8 heteroatoms. The summed E-state index contributed by atoms with van der Waals surface area (Å²) in [5.41, 5.74) is 3.40. The quantitative estimate of drug-likeness (QED) is 0.579. The average Bonchev–Trinajstić information content (AvgIpc) is 3.47. The third-order valence-corrected chi connectivity index (χ3v) is 5.87. The second-order valence-electron chi connectivity index (χ2n) is 6.68. The highest BCUT2D eigenvalue weighted by molar-refractivity contribution is 7.99. The van der Waals surface area contributed by atoms with E-state index in [2.05, 4.69) is 38.8 Å². The van der Waals surface area contributed by atoms with Crippen LogP contribution >= 0.6 is 11.8 Å². The maximum absolute atomic E-state index is 9.48. The van der Waals surface area contributed by atoms with Gasteiger partial charge in [0.25, 0.3) is 0 Å². The Balaban J connectivity index is 1.59. The first-order chi connectivity index (χ1) is 13.8. The van der Waals surface area contributed by atoms with E-state index < -0.39 is 0 Å². The Morgan fingerprint density at radius 2 is 2.14 bits per heavy atom. The van der Waals surface area contributed by atoms with E-state index in [9.17, 15) is 5.26 Å². The third kappa shape index (κ3) is 3.05. The Kier molecular flexibility index (Phi) is 4.31. The lowest BCUT2D eigenvalue weighted by atomic mass is 10.1. The molecule has 1 fully saturated rings. The van der Waals surface area contributed by atoms with Gasteiger partial charge in [-0.15, -0.1) is 0 Å². The van der Waals surface area contributed by atoms with Gasteiger partial charge < -0.3 is 5.32 Å². The lowest BCUT2D eigenvalue weighted by Crippen LogP contribution is -2.13. The van der Waals surface area contributed by atoms with E-state index in [-0.39, 0.29) is 0 Å². The van der Waals surface area contributed by atoms with Crippen molar-refractivity contribution in [1.29, 1.82) is 5.26 Å². The largest absolute Gasteiger partial charge is 0.315 e. The molecule has 7 nitrogen and oxygen atoms in total. The predicted octanol–water partition coefficient (Wildman–Crippen LogP) is 3.15. The van der Waals surface area contributed by atoms with Crippen molar-refractivity contribution in [3.63, 3.8) is 0 Å². The number of pyridine rings is 2. The molecule has 1 saturated heterocycles. The van der Waals surface area contributed by atoms with Gasteiger partial charge in [-0.2, -0.15) is 15.5 Å². The monoisotopic (exact) mass is 387 g/mol. The number of nitrogens with zero attached hydrogens (tertiary/aromatic N) is 6. The fourth-order valence-electron chi connectivity index (χ4n) is 3.47. The molecular weight excluding hydrogens is 370 g/mol. The van der Waals surface area contributed by atoms with Crippen LogP contribution in [0.3, 0.4) is 0 Å². The summed E-state index contributed by atoms with van der Waals surface area (Å²) in [7, 11) is 0. The van der Waals surface area contributed by atoms with Crippen molar-refractivity contribution in [2.24, 2.45) is 0 Å². The van der Waals surface area contributed by atoms with Crippen LogP contribution in [-0.4, -0.2) is 37.5 Å². The third-order valence-electron chi connectivity index (χ3n) is 4.89. The van der Waals surface area contributed by atoms with Crippen LogP contribution in [0.5, 0.6) is 0 Å². The van der Waals surface area contributed by atoms with Gasteiger partial charge >= 0.3 is 0 Å². The summed E-state index contributed by atoms with van der Waals surface area (Å²) >= 11 is 1.53. The summed E-state index contributed by atoms with van der Waals surface area (Å²) in [6, 6.07) is 10.5. The summed E-state index contributed by atoms with van der Waals surface area (Å²) in [6.45, 7) is 1.98. The fourth-order valence-corrected chi connectivity index (χ4v) is 4.45. The van der Waals surface area contributed by atoms with Crippen LogP contribution < -0.4 is 5.32 Å².